The average Bonchev–Trinajstić information content (AvgIpc) is 3.07. The number of pyridine rings is 1. The number of aromatic nitrogens is 2. The Morgan fingerprint density at radius 1 is 1.25 bits per heavy atom. The first-order chi connectivity index (χ1) is 13.2. The molecule has 0 N–H and O–H groups in total. The lowest BCUT2D eigenvalue weighted by molar-refractivity contribution is 0.0518. The summed E-state index contributed by atoms with van der Waals surface area (Å²) in [6, 6.07) is 7.42. The van der Waals surface area contributed by atoms with Crippen LogP contribution in [0.3, 0.4) is 0 Å². The summed E-state index contributed by atoms with van der Waals surface area (Å²) in [6.45, 7) is 3.21. The summed E-state index contributed by atoms with van der Waals surface area (Å²) < 4.78 is 33.6. The number of ether oxygens (including phenoxy) is 1. The average molecular weight is 402 g/mol. The van der Waals surface area contributed by atoms with Gasteiger partial charge >= 0.3 is 5.97 Å². The summed E-state index contributed by atoms with van der Waals surface area (Å²) >= 11 is 0. The highest BCUT2D eigenvalue weighted by Crippen LogP contribution is 2.27. The van der Waals surface area contributed by atoms with Gasteiger partial charge in [0.2, 0.25) is 0 Å². The van der Waals surface area contributed by atoms with E-state index in [1.165, 1.54) is 25.4 Å². The Kier molecular flexibility index (Phi) is 4.95. The van der Waals surface area contributed by atoms with Gasteiger partial charge in [-0.05, 0) is 31.5 Å². The standard InChI is InChI=1S/C19H18N2O6S/c1-4-27-19(24)15-9-14-13(11-22)10-20(3)18(23)17(14)21(15)28(25,26)16-8-6-5-7-12(16)2/h5-11H,4H2,1-3H3. The van der Waals surface area contributed by atoms with E-state index >= 15 is 0 Å². The second kappa shape index (κ2) is 7.08. The Labute approximate surface area is 161 Å². The number of nitrogens with zero attached hydrogens (tertiary/aromatic N) is 2. The van der Waals surface area contributed by atoms with E-state index in [2.05, 4.69) is 0 Å². The van der Waals surface area contributed by atoms with E-state index in [0.717, 1.165) is 4.57 Å². The number of hydrogen-bond donors (Lipinski definition) is 0. The van der Waals surface area contributed by atoms with Crippen LogP contribution in [0.25, 0.3) is 10.9 Å². The third kappa shape index (κ3) is 2.93. The van der Waals surface area contributed by atoms with Crippen LogP contribution < -0.4 is 5.56 Å². The molecular formula is C19H18N2O6S. The number of carbonyl (C=O) groups excluding carboxylic acids is 2. The first-order valence-electron chi connectivity index (χ1n) is 8.42. The fourth-order valence-electron chi connectivity index (χ4n) is 3.05. The summed E-state index contributed by atoms with van der Waals surface area (Å²) in [5, 5.41) is 0.0679. The molecule has 9 heteroatoms. The quantitative estimate of drug-likeness (QED) is 0.477. The van der Waals surface area contributed by atoms with Crippen molar-refractivity contribution in [2.24, 2.45) is 7.05 Å². The number of benzene rings is 1. The van der Waals surface area contributed by atoms with Gasteiger partial charge in [-0.2, -0.15) is 0 Å². The maximum atomic E-state index is 13.4. The second-order valence-corrected chi connectivity index (χ2v) is 7.92. The predicted octanol–water partition coefficient (Wildman–Crippen LogP) is 1.87. The molecule has 0 fully saturated rings. The molecule has 0 radical (unpaired) electrons. The Morgan fingerprint density at radius 3 is 2.54 bits per heavy atom. The van der Waals surface area contributed by atoms with Crippen molar-refractivity contribution in [1.29, 1.82) is 0 Å². The number of aryl methyl sites for hydroxylation is 2. The molecule has 0 saturated carbocycles. The molecular weight excluding hydrogens is 384 g/mol. The minimum Gasteiger partial charge on any atom is -0.461 e. The van der Waals surface area contributed by atoms with Crippen molar-refractivity contribution in [2.45, 2.75) is 18.7 Å². The van der Waals surface area contributed by atoms with Crippen molar-refractivity contribution >= 4 is 33.2 Å². The molecule has 3 rings (SSSR count). The number of hydrogen-bond acceptors (Lipinski definition) is 6. The van der Waals surface area contributed by atoms with E-state index < -0.39 is 21.6 Å². The molecule has 0 amide bonds. The van der Waals surface area contributed by atoms with Gasteiger partial charge in [0.05, 0.1) is 11.5 Å². The molecule has 2 heterocycles. The van der Waals surface area contributed by atoms with Crippen LogP contribution in [-0.4, -0.2) is 35.8 Å². The highest BCUT2D eigenvalue weighted by Gasteiger charge is 2.30. The first kappa shape index (κ1) is 19.6. The van der Waals surface area contributed by atoms with Gasteiger partial charge in [-0.25, -0.2) is 17.2 Å². The molecule has 0 aliphatic rings. The zero-order valence-electron chi connectivity index (χ0n) is 15.5. The molecule has 3 aromatic rings. The Bertz CT molecular complexity index is 1270. The minimum absolute atomic E-state index is 0.0172. The number of rotatable bonds is 5. The number of fused-ring (bicyclic) bond motifs is 1. The lowest BCUT2D eigenvalue weighted by atomic mass is 10.2. The third-order valence-electron chi connectivity index (χ3n) is 4.35. The Balaban J connectivity index is 2.53. The van der Waals surface area contributed by atoms with Crippen LogP contribution in [0.5, 0.6) is 0 Å². The minimum atomic E-state index is -4.32. The fraction of sp³-hybridized carbons (Fsp3) is 0.211. The van der Waals surface area contributed by atoms with Gasteiger partial charge in [0.1, 0.15) is 11.2 Å². The molecule has 0 bridgehead atoms. The van der Waals surface area contributed by atoms with Crippen LogP contribution in [0.15, 0.2) is 46.2 Å². The van der Waals surface area contributed by atoms with Crippen molar-refractivity contribution in [3.63, 3.8) is 0 Å². The van der Waals surface area contributed by atoms with Crippen molar-refractivity contribution in [1.82, 2.24) is 8.54 Å². The van der Waals surface area contributed by atoms with E-state index in [1.807, 2.05) is 0 Å². The highest BCUT2D eigenvalue weighted by molar-refractivity contribution is 7.90. The van der Waals surface area contributed by atoms with Crippen LogP contribution in [0.4, 0.5) is 0 Å². The lowest BCUT2D eigenvalue weighted by Gasteiger charge is -2.13. The molecule has 0 saturated heterocycles. The highest BCUT2D eigenvalue weighted by atomic mass is 32.2. The van der Waals surface area contributed by atoms with Crippen LogP contribution in [0, 0.1) is 6.92 Å². The van der Waals surface area contributed by atoms with Gasteiger partial charge in [0.15, 0.2) is 6.29 Å². The van der Waals surface area contributed by atoms with Gasteiger partial charge < -0.3 is 9.30 Å². The smallest absolute Gasteiger partial charge is 0.356 e. The normalized spacial score (nSPS) is 11.5. The molecule has 2 aromatic heterocycles. The summed E-state index contributed by atoms with van der Waals surface area (Å²) in [5.74, 6) is -0.908. The topological polar surface area (TPSA) is 104 Å². The Morgan fingerprint density at radius 2 is 1.93 bits per heavy atom. The molecule has 1 aromatic carbocycles. The van der Waals surface area contributed by atoms with E-state index in [0.29, 0.717) is 15.8 Å². The first-order valence-corrected chi connectivity index (χ1v) is 9.86. The van der Waals surface area contributed by atoms with E-state index in [-0.39, 0.29) is 33.7 Å². The largest absolute Gasteiger partial charge is 0.461 e. The molecule has 0 aliphatic heterocycles. The summed E-state index contributed by atoms with van der Waals surface area (Å²) in [4.78, 5) is 36.7. The van der Waals surface area contributed by atoms with Crippen molar-refractivity contribution in [2.75, 3.05) is 6.61 Å². The molecule has 0 aliphatic carbocycles. The Hall–Kier alpha value is -3.20. The molecule has 8 nitrogen and oxygen atoms in total. The molecule has 0 atom stereocenters. The van der Waals surface area contributed by atoms with Crippen molar-refractivity contribution in [3.8, 4) is 0 Å². The van der Waals surface area contributed by atoms with Crippen molar-refractivity contribution < 1.29 is 22.7 Å². The predicted molar refractivity (Wildman–Crippen MR) is 102 cm³/mol. The molecule has 28 heavy (non-hydrogen) atoms. The molecule has 0 unspecified atom stereocenters. The maximum absolute atomic E-state index is 13.4. The van der Waals surface area contributed by atoms with Gasteiger partial charge in [0.25, 0.3) is 15.6 Å². The molecule has 146 valence electrons. The molecule has 0 spiro atoms. The van der Waals surface area contributed by atoms with E-state index in [1.54, 1.807) is 32.0 Å². The number of esters is 1. The van der Waals surface area contributed by atoms with Crippen LogP contribution in [-0.2, 0) is 21.8 Å². The van der Waals surface area contributed by atoms with Gasteiger partial charge in [-0.15, -0.1) is 0 Å². The van der Waals surface area contributed by atoms with Gasteiger partial charge in [-0.1, -0.05) is 18.2 Å². The van der Waals surface area contributed by atoms with Crippen LogP contribution in [0.1, 0.15) is 33.3 Å². The summed E-state index contributed by atoms with van der Waals surface area (Å²) in [5.41, 5.74) is -0.748. The zero-order valence-corrected chi connectivity index (χ0v) is 16.3. The SMILES string of the molecule is CCOC(=O)c1cc2c(C=O)cn(C)c(=O)c2n1S(=O)(=O)c1ccccc1C. The van der Waals surface area contributed by atoms with Crippen LogP contribution in [0.2, 0.25) is 0 Å². The van der Waals surface area contributed by atoms with Gasteiger partial charge in [0, 0.05) is 24.2 Å². The summed E-state index contributed by atoms with van der Waals surface area (Å²) in [6.07, 6.45) is 1.79. The maximum Gasteiger partial charge on any atom is 0.356 e. The number of aldehydes is 1. The zero-order chi connectivity index (χ0) is 20.6. The fourth-order valence-corrected chi connectivity index (χ4v) is 4.78. The van der Waals surface area contributed by atoms with Gasteiger partial charge in [-0.3, -0.25) is 9.59 Å². The van der Waals surface area contributed by atoms with E-state index in [4.69, 9.17) is 4.74 Å². The lowest BCUT2D eigenvalue weighted by Crippen LogP contribution is -2.26. The number of carbonyl (C=O) groups is 2. The van der Waals surface area contributed by atoms with Crippen LogP contribution >= 0.6 is 0 Å². The second-order valence-electron chi connectivity index (χ2n) is 6.17. The van der Waals surface area contributed by atoms with E-state index in [9.17, 15) is 22.8 Å². The summed E-state index contributed by atoms with van der Waals surface area (Å²) in [7, 11) is -2.93. The van der Waals surface area contributed by atoms with Crippen molar-refractivity contribution in [3.05, 3.63) is 63.7 Å². The monoisotopic (exact) mass is 402 g/mol. The third-order valence-corrected chi connectivity index (χ3v) is 6.22.